The van der Waals surface area contributed by atoms with E-state index in [1.165, 1.54) is 11.1 Å². The van der Waals surface area contributed by atoms with Crippen molar-refractivity contribution in [1.29, 1.82) is 0 Å². The predicted molar refractivity (Wildman–Crippen MR) is 73.2 cm³/mol. The van der Waals surface area contributed by atoms with Crippen LogP contribution in [0.25, 0.3) is 0 Å². The van der Waals surface area contributed by atoms with Crippen molar-refractivity contribution in [2.75, 3.05) is 11.9 Å². The molecule has 0 aliphatic heterocycles. The van der Waals surface area contributed by atoms with Crippen LogP contribution in [0, 0.1) is 6.92 Å². The zero-order chi connectivity index (χ0) is 13.0. The van der Waals surface area contributed by atoms with Crippen molar-refractivity contribution in [2.24, 2.45) is 5.73 Å². The largest absolute Gasteiger partial charge is 0.354 e. The van der Waals surface area contributed by atoms with E-state index >= 15 is 0 Å². The summed E-state index contributed by atoms with van der Waals surface area (Å²) in [4.78, 5) is 10.7. The molecule has 1 heterocycles. The van der Waals surface area contributed by atoms with Crippen LogP contribution in [-0.2, 0) is 13.1 Å². The molecule has 18 heavy (non-hydrogen) atoms. The minimum atomic E-state index is 0.416. The van der Waals surface area contributed by atoms with Crippen molar-refractivity contribution in [1.82, 2.24) is 9.97 Å². The van der Waals surface area contributed by atoms with Gasteiger partial charge in [-0.25, -0.2) is 4.98 Å². The highest BCUT2D eigenvalue weighted by Crippen LogP contribution is 2.12. The number of nitrogens with two attached hydrogens (primary N) is 1. The SMILES string of the molecule is Cc1ccc(CN(C)c2cncc(CN)n2)cc1. The van der Waals surface area contributed by atoms with E-state index in [0.717, 1.165) is 18.1 Å². The summed E-state index contributed by atoms with van der Waals surface area (Å²) in [5, 5.41) is 0. The Morgan fingerprint density at radius 3 is 2.56 bits per heavy atom. The molecule has 2 N–H and O–H groups in total. The van der Waals surface area contributed by atoms with E-state index in [-0.39, 0.29) is 0 Å². The van der Waals surface area contributed by atoms with Gasteiger partial charge in [-0.15, -0.1) is 0 Å². The topological polar surface area (TPSA) is 55.0 Å². The van der Waals surface area contributed by atoms with Crippen molar-refractivity contribution in [3.05, 3.63) is 53.5 Å². The Morgan fingerprint density at radius 2 is 1.89 bits per heavy atom. The molecule has 0 unspecified atom stereocenters. The van der Waals surface area contributed by atoms with Crippen LogP contribution >= 0.6 is 0 Å². The molecule has 4 heteroatoms. The second-order valence-corrected chi connectivity index (χ2v) is 4.41. The van der Waals surface area contributed by atoms with E-state index in [0.29, 0.717) is 6.54 Å². The predicted octanol–water partition coefficient (Wildman–Crippen LogP) is 1.88. The van der Waals surface area contributed by atoms with E-state index in [1.54, 1.807) is 12.4 Å². The summed E-state index contributed by atoms with van der Waals surface area (Å²) in [7, 11) is 2.00. The molecular formula is C14H18N4. The third-order valence-electron chi connectivity index (χ3n) is 2.81. The number of nitrogens with zero attached hydrogens (tertiary/aromatic N) is 3. The molecule has 0 atom stereocenters. The van der Waals surface area contributed by atoms with Gasteiger partial charge in [0.25, 0.3) is 0 Å². The molecular weight excluding hydrogens is 224 g/mol. The van der Waals surface area contributed by atoms with Crippen LogP contribution in [0.2, 0.25) is 0 Å². The lowest BCUT2D eigenvalue weighted by Crippen LogP contribution is -2.18. The lowest BCUT2D eigenvalue weighted by atomic mass is 10.1. The number of benzene rings is 1. The lowest BCUT2D eigenvalue weighted by Gasteiger charge is -2.18. The summed E-state index contributed by atoms with van der Waals surface area (Å²) in [5.41, 5.74) is 8.90. The second-order valence-electron chi connectivity index (χ2n) is 4.41. The van der Waals surface area contributed by atoms with Gasteiger partial charge in [0.15, 0.2) is 0 Å². The number of hydrogen-bond donors (Lipinski definition) is 1. The molecule has 0 spiro atoms. The fraction of sp³-hybridized carbons (Fsp3) is 0.286. The molecule has 0 amide bonds. The van der Waals surface area contributed by atoms with Gasteiger partial charge in [0, 0.05) is 26.3 Å². The van der Waals surface area contributed by atoms with E-state index in [4.69, 9.17) is 5.73 Å². The summed E-state index contributed by atoms with van der Waals surface area (Å²) in [6.07, 6.45) is 3.45. The molecule has 2 rings (SSSR count). The van der Waals surface area contributed by atoms with E-state index in [9.17, 15) is 0 Å². The van der Waals surface area contributed by atoms with Gasteiger partial charge in [-0.1, -0.05) is 29.8 Å². The molecule has 0 aliphatic rings. The zero-order valence-corrected chi connectivity index (χ0v) is 10.8. The fourth-order valence-electron chi connectivity index (χ4n) is 1.73. The van der Waals surface area contributed by atoms with Crippen LogP contribution < -0.4 is 10.6 Å². The Balaban J connectivity index is 2.11. The lowest BCUT2D eigenvalue weighted by molar-refractivity contribution is 0.864. The van der Waals surface area contributed by atoms with Crippen molar-refractivity contribution in [3.63, 3.8) is 0 Å². The van der Waals surface area contributed by atoms with Crippen molar-refractivity contribution < 1.29 is 0 Å². The molecule has 1 aromatic carbocycles. The van der Waals surface area contributed by atoms with Gasteiger partial charge in [-0.3, -0.25) is 4.98 Å². The first-order valence-electron chi connectivity index (χ1n) is 5.96. The van der Waals surface area contributed by atoms with Crippen LogP contribution in [0.5, 0.6) is 0 Å². The van der Waals surface area contributed by atoms with E-state index in [1.807, 2.05) is 7.05 Å². The third-order valence-corrected chi connectivity index (χ3v) is 2.81. The minimum absolute atomic E-state index is 0.416. The first-order chi connectivity index (χ1) is 8.69. The Morgan fingerprint density at radius 1 is 1.17 bits per heavy atom. The van der Waals surface area contributed by atoms with Crippen molar-refractivity contribution in [2.45, 2.75) is 20.0 Å². The van der Waals surface area contributed by atoms with E-state index < -0.39 is 0 Å². The Kier molecular flexibility index (Phi) is 3.89. The molecule has 0 saturated carbocycles. The summed E-state index contributed by atoms with van der Waals surface area (Å²) < 4.78 is 0. The number of anilines is 1. The molecule has 2 aromatic rings. The average molecular weight is 242 g/mol. The second kappa shape index (κ2) is 5.60. The highest BCUT2D eigenvalue weighted by Gasteiger charge is 2.04. The highest BCUT2D eigenvalue weighted by molar-refractivity contribution is 5.37. The number of rotatable bonds is 4. The van der Waals surface area contributed by atoms with Gasteiger partial charge in [0.05, 0.1) is 11.9 Å². The summed E-state index contributed by atoms with van der Waals surface area (Å²) in [5.74, 6) is 0.846. The Hall–Kier alpha value is -1.94. The van der Waals surface area contributed by atoms with Gasteiger partial charge in [0.1, 0.15) is 5.82 Å². The maximum atomic E-state index is 5.57. The third kappa shape index (κ3) is 3.05. The Labute approximate surface area is 107 Å². The summed E-state index contributed by atoms with van der Waals surface area (Å²) >= 11 is 0. The van der Waals surface area contributed by atoms with Gasteiger partial charge in [-0.05, 0) is 12.5 Å². The summed E-state index contributed by atoms with van der Waals surface area (Å²) in [6.45, 7) is 3.31. The molecule has 1 aromatic heterocycles. The van der Waals surface area contributed by atoms with Gasteiger partial charge in [0.2, 0.25) is 0 Å². The molecule has 4 nitrogen and oxygen atoms in total. The molecule has 0 radical (unpaired) electrons. The first-order valence-corrected chi connectivity index (χ1v) is 5.96. The van der Waals surface area contributed by atoms with Gasteiger partial charge >= 0.3 is 0 Å². The van der Waals surface area contributed by atoms with Crippen LogP contribution in [0.4, 0.5) is 5.82 Å². The van der Waals surface area contributed by atoms with Crippen LogP contribution in [0.1, 0.15) is 16.8 Å². The molecule has 94 valence electrons. The number of aromatic nitrogens is 2. The quantitative estimate of drug-likeness (QED) is 0.889. The number of hydrogen-bond acceptors (Lipinski definition) is 4. The molecule has 0 aliphatic carbocycles. The van der Waals surface area contributed by atoms with E-state index in [2.05, 4.69) is 46.1 Å². The monoisotopic (exact) mass is 242 g/mol. The average Bonchev–Trinajstić information content (AvgIpc) is 2.41. The minimum Gasteiger partial charge on any atom is -0.354 e. The van der Waals surface area contributed by atoms with Gasteiger partial charge < -0.3 is 10.6 Å². The standard InChI is InChI=1S/C14H18N4/c1-11-3-5-12(6-4-11)10-18(2)14-9-16-8-13(7-15)17-14/h3-6,8-9H,7,10,15H2,1-2H3. The number of aryl methyl sites for hydroxylation is 1. The smallest absolute Gasteiger partial charge is 0.147 e. The van der Waals surface area contributed by atoms with Crippen LogP contribution in [0.15, 0.2) is 36.7 Å². The van der Waals surface area contributed by atoms with Crippen molar-refractivity contribution >= 4 is 5.82 Å². The normalized spacial score (nSPS) is 10.4. The molecule has 0 saturated heterocycles. The van der Waals surface area contributed by atoms with Crippen LogP contribution in [-0.4, -0.2) is 17.0 Å². The fourth-order valence-corrected chi connectivity index (χ4v) is 1.73. The Bertz CT molecular complexity index is 507. The van der Waals surface area contributed by atoms with Crippen molar-refractivity contribution in [3.8, 4) is 0 Å². The zero-order valence-electron chi connectivity index (χ0n) is 10.8. The van der Waals surface area contributed by atoms with Gasteiger partial charge in [-0.2, -0.15) is 0 Å². The molecule has 0 bridgehead atoms. The maximum absolute atomic E-state index is 5.57. The first kappa shape index (κ1) is 12.5. The summed E-state index contributed by atoms with van der Waals surface area (Å²) in [6, 6.07) is 8.49. The maximum Gasteiger partial charge on any atom is 0.147 e. The molecule has 0 fully saturated rings. The van der Waals surface area contributed by atoms with Crippen LogP contribution in [0.3, 0.4) is 0 Å². The highest BCUT2D eigenvalue weighted by atomic mass is 15.2.